The van der Waals surface area contributed by atoms with Gasteiger partial charge in [0.2, 0.25) is 0 Å². The van der Waals surface area contributed by atoms with Gasteiger partial charge in [0.05, 0.1) is 6.10 Å². The highest BCUT2D eigenvalue weighted by Gasteiger charge is 2.12. The Labute approximate surface area is 113 Å². The zero-order valence-corrected chi connectivity index (χ0v) is 11.1. The first kappa shape index (κ1) is 12.4. The Morgan fingerprint density at radius 2 is 2.18 bits per heavy atom. The second kappa shape index (κ2) is 5.55. The molecule has 1 N–H and O–H groups in total. The predicted octanol–water partition coefficient (Wildman–Crippen LogP) is 3.10. The number of rotatable bonds is 3. The maximum atomic E-state index is 12.9. The molecule has 2 aromatic rings. The molecule has 0 fully saturated rings. The van der Waals surface area contributed by atoms with Crippen molar-refractivity contribution in [1.29, 1.82) is 0 Å². The fraction of sp³-hybridized carbons (Fsp3) is 0.154. The first-order valence-electron chi connectivity index (χ1n) is 5.19. The standard InChI is InChI=1S/C13H11FINO/c14-10-3-4-11(12(15)7-10)13(17)6-9-2-1-5-16-8-9/h1-5,7-8,13,17H,6H2. The smallest absolute Gasteiger partial charge is 0.124 e. The Balaban J connectivity index is 2.17. The summed E-state index contributed by atoms with van der Waals surface area (Å²) >= 11 is 2.03. The van der Waals surface area contributed by atoms with Gasteiger partial charge in [-0.25, -0.2) is 4.39 Å². The van der Waals surface area contributed by atoms with Crippen molar-refractivity contribution in [3.8, 4) is 0 Å². The van der Waals surface area contributed by atoms with E-state index in [1.54, 1.807) is 18.5 Å². The number of halogens is 2. The van der Waals surface area contributed by atoms with E-state index in [4.69, 9.17) is 0 Å². The number of aliphatic hydroxyl groups is 1. The lowest BCUT2D eigenvalue weighted by atomic mass is 10.0. The van der Waals surface area contributed by atoms with Crippen molar-refractivity contribution in [3.05, 3.63) is 63.2 Å². The van der Waals surface area contributed by atoms with Crippen LogP contribution >= 0.6 is 22.6 Å². The molecule has 1 heterocycles. The molecule has 0 aliphatic carbocycles. The monoisotopic (exact) mass is 343 g/mol. The van der Waals surface area contributed by atoms with Crippen LogP contribution in [-0.4, -0.2) is 10.1 Å². The minimum absolute atomic E-state index is 0.285. The quantitative estimate of drug-likeness (QED) is 0.869. The predicted molar refractivity (Wildman–Crippen MR) is 72.0 cm³/mol. The molecular weight excluding hydrogens is 332 g/mol. The van der Waals surface area contributed by atoms with Crippen LogP contribution in [0.2, 0.25) is 0 Å². The summed E-state index contributed by atoms with van der Waals surface area (Å²) in [6.45, 7) is 0. The molecule has 0 bridgehead atoms. The van der Waals surface area contributed by atoms with Gasteiger partial charge >= 0.3 is 0 Å². The summed E-state index contributed by atoms with van der Waals surface area (Å²) in [5.41, 5.74) is 1.70. The van der Waals surface area contributed by atoms with Crippen LogP contribution < -0.4 is 0 Å². The van der Waals surface area contributed by atoms with E-state index < -0.39 is 6.10 Å². The number of hydrogen-bond acceptors (Lipinski definition) is 2. The molecule has 4 heteroatoms. The fourth-order valence-electron chi connectivity index (χ4n) is 1.62. The topological polar surface area (TPSA) is 33.1 Å². The molecule has 0 aliphatic heterocycles. The molecule has 0 saturated carbocycles. The van der Waals surface area contributed by atoms with E-state index in [9.17, 15) is 9.50 Å². The minimum Gasteiger partial charge on any atom is -0.388 e. The van der Waals surface area contributed by atoms with Gasteiger partial charge in [-0.3, -0.25) is 4.98 Å². The van der Waals surface area contributed by atoms with Crippen LogP contribution in [0.3, 0.4) is 0 Å². The van der Waals surface area contributed by atoms with E-state index in [0.29, 0.717) is 6.42 Å². The molecule has 1 unspecified atom stereocenters. The minimum atomic E-state index is -0.633. The highest BCUT2D eigenvalue weighted by atomic mass is 127. The van der Waals surface area contributed by atoms with E-state index >= 15 is 0 Å². The van der Waals surface area contributed by atoms with Crippen molar-refractivity contribution < 1.29 is 9.50 Å². The number of pyridine rings is 1. The van der Waals surface area contributed by atoms with Gasteiger partial charge in [-0.15, -0.1) is 0 Å². The Morgan fingerprint density at radius 3 is 2.82 bits per heavy atom. The van der Waals surface area contributed by atoms with Crippen LogP contribution in [0.15, 0.2) is 42.7 Å². The fourth-order valence-corrected chi connectivity index (χ4v) is 2.46. The summed E-state index contributed by atoms with van der Waals surface area (Å²) in [5.74, 6) is -0.285. The van der Waals surface area contributed by atoms with Gasteiger partial charge in [0.15, 0.2) is 0 Å². The lowest BCUT2D eigenvalue weighted by Gasteiger charge is -2.12. The van der Waals surface area contributed by atoms with Crippen LogP contribution in [0.1, 0.15) is 17.2 Å². The summed E-state index contributed by atoms with van der Waals surface area (Å²) in [4.78, 5) is 3.99. The summed E-state index contributed by atoms with van der Waals surface area (Å²) in [6.07, 6.45) is 3.26. The first-order valence-corrected chi connectivity index (χ1v) is 6.26. The van der Waals surface area contributed by atoms with Crippen LogP contribution in [0, 0.1) is 9.39 Å². The second-order valence-corrected chi connectivity index (χ2v) is 4.91. The van der Waals surface area contributed by atoms with Crippen molar-refractivity contribution in [1.82, 2.24) is 4.98 Å². The van der Waals surface area contributed by atoms with Crippen LogP contribution in [-0.2, 0) is 6.42 Å². The molecular formula is C13H11FINO. The van der Waals surface area contributed by atoms with Crippen molar-refractivity contribution in [2.75, 3.05) is 0 Å². The van der Waals surface area contributed by atoms with Gasteiger partial charge in [-0.1, -0.05) is 12.1 Å². The third-order valence-electron chi connectivity index (χ3n) is 2.47. The van der Waals surface area contributed by atoms with Crippen LogP contribution in [0.4, 0.5) is 4.39 Å². The zero-order chi connectivity index (χ0) is 12.3. The maximum absolute atomic E-state index is 12.9. The van der Waals surface area contributed by atoms with Gasteiger partial charge in [0.25, 0.3) is 0 Å². The van der Waals surface area contributed by atoms with Crippen molar-refractivity contribution in [2.24, 2.45) is 0 Å². The highest BCUT2D eigenvalue weighted by Crippen LogP contribution is 2.23. The molecule has 0 amide bonds. The lowest BCUT2D eigenvalue weighted by molar-refractivity contribution is 0.177. The largest absolute Gasteiger partial charge is 0.388 e. The summed E-state index contributed by atoms with van der Waals surface area (Å²) < 4.78 is 13.7. The third-order valence-corrected chi connectivity index (χ3v) is 3.41. The number of hydrogen-bond donors (Lipinski definition) is 1. The molecule has 0 aliphatic rings. The van der Waals surface area contributed by atoms with Gasteiger partial charge in [-0.05, 0) is 51.9 Å². The molecule has 0 spiro atoms. The number of nitrogens with zero attached hydrogens (tertiary/aromatic N) is 1. The average molecular weight is 343 g/mol. The number of benzene rings is 1. The molecule has 0 radical (unpaired) electrons. The maximum Gasteiger partial charge on any atom is 0.124 e. The highest BCUT2D eigenvalue weighted by molar-refractivity contribution is 14.1. The van der Waals surface area contributed by atoms with Crippen molar-refractivity contribution in [2.45, 2.75) is 12.5 Å². The zero-order valence-electron chi connectivity index (χ0n) is 8.98. The second-order valence-electron chi connectivity index (χ2n) is 3.75. The Kier molecular flexibility index (Phi) is 4.06. The molecule has 17 heavy (non-hydrogen) atoms. The van der Waals surface area contributed by atoms with Gasteiger partial charge in [0, 0.05) is 22.4 Å². The van der Waals surface area contributed by atoms with Gasteiger partial charge in [0.1, 0.15) is 5.82 Å². The lowest BCUT2D eigenvalue weighted by Crippen LogP contribution is -2.04. The normalized spacial score (nSPS) is 12.4. The number of aromatic nitrogens is 1. The molecule has 1 aromatic carbocycles. The average Bonchev–Trinajstić information content (AvgIpc) is 2.30. The third kappa shape index (κ3) is 3.23. The van der Waals surface area contributed by atoms with E-state index in [-0.39, 0.29) is 5.82 Å². The SMILES string of the molecule is OC(Cc1cccnc1)c1ccc(F)cc1I. The Bertz CT molecular complexity index is 504. The molecule has 1 atom stereocenters. The summed E-state index contributed by atoms with van der Waals surface area (Å²) in [6, 6.07) is 8.15. The van der Waals surface area contributed by atoms with E-state index in [1.165, 1.54) is 12.1 Å². The Morgan fingerprint density at radius 1 is 1.35 bits per heavy atom. The Hall–Kier alpha value is -1.01. The van der Waals surface area contributed by atoms with E-state index in [0.717, 1.165) is 14.7 Å². The molecule has 2 rings (SSSR count). The number of aliphatic hydroxyl groups excluding tert-OH is 1. The van der Waals surface area contributed by atoms with Gasteiger partial charge in [-0.2, -0.15) is 0 Å². The van der Waals surface area contributed by atoms with Gasteiger partial charge < -0.3 is 5.11 Å². The van der Waals surface area contributed by atoms with E-state index in [2.05, 4.69) is 4.98 Å². The van der Waals surface area contributed by atoms with Crippen LogP contribution in [0.25, 0.3) is 0 Å². The first-order chi connectivity index (χ1) is 8.16. The van der Waals surface area contributed by atoms with E-state index in [1.807, 2.05) is 34.7 Å². The van der Waals surface area contributed by atoms with Crippen LogP contribution in [0.5, 0.6) is 0 Å². The molecule has 2 nitrogen and oxygen atoms in total. The molecule has 0 saturated heterocycles. The van der Waals surface area contributed by atoms with Crippen molar-refractivity contribution in [3.63, 3.8) is 0 Å². The molecule has 1 aromatic heterocycles. The summed E-state index contributed by atoms with van der Waals surface area (Å²) in [5, 5.41) is 10.1. The van der Waals surface area contributed by atoms with Crippen molar-refractivity contribution >= 4 is 22.6 Å². The molecule has 88 valence electrons. The summed E-state index contributed by atoms with van der Waals surface area (Å²) in [7, 11) is 0.